The molecule has 0 spiro atoms. The molecule has 0 bridgehead atoms. The van der Waals surface area contributed by atoms with Crippen LogP contribution in [0, 0.1) is 0 Å². The van der Waals surface area contributed by atoms with Crippen molar-refractivity contribution in [3.05, 3.63) is 54.7 Å². The summed E-state index contributed by atoms with van der Waals surface area (Å²) in [6, 6.07) is 9.52. The second kappa shape index (κ2) is 10.7. The highest BCUT2D eigenvalue weighted by Gasteiger charge is 2.31. The Labute approximate surface area is 216 Å². The van der Waals surface area contributed by atoms with E-state index in [1.54, 1.807) is 18.5 Å². The van der Waals surface area contributed by atoms with Crippen molar-refractivity contribution in [2.75, 3.05) is 11.9 Å². The lowest BCUT2D eigenvalue weighted by atomic mass is 10.0. The van der Waals surface area contributed by atoms with Crippen molar-refractivity contribution in [2.24, 2.45) is 5.73 Å². The number of carbonyl (C=O) groups excluding carboxylic acids is 2. The summed E-state index contributed by atoms with van der Waals surface area (Å²) in [4.78, 5) is 51.2. The molecule has 3 atom stereocenters. The average Bonchev–Trinajstić information content (AvgIpc) is 3.59. The number of aromatic nitrogens is 4. The van der Waals surface area contributed by atoms with E-state index in [1.807, 2.05) is 29.6 Å². The predicted octanol–water partition coefficient (Wildman–Crippen LogP) is 1.83. The van der Waals surface area contributed by atoms with E-state index in [4.69, 9.17) is 15.6 Å². The maximum atomic E-state index is 12.7. The molecule has 196 valence electrons. The van der Waals surface area contributed by atoms with Gasteiger partial charge in [0, 0.05) is 11.1 Å². The second-order valence-corrected chi connectivity index (χ2v) is 8.96. The zero-order chi connectivity index (χ0) is 26.6. The third-order valence-electron chi connectivity index (χ3n) is 6.37. The number of primary amides is 1. The van der Waals surface area contributed by atoms with E-state index in [0.717, 1.165) is 30.2 Å². The Bertz CT molecular complexity index is 1480. The van der Waals surface area contributed by atoms with Gasteiger partial charge in [0.05, 0.1) is 18.8 Å². The van der Waals surface area contributed by atoms with Crippen LogP contribution in [-0.4, -0.2) is 61.6 Å². The molecule has 1 aliphatic heterocycles. The maximum absolute atomic E-state index is 12.7. The van der Waals surface area contributed by atoms with Gasteiger partial charge in [-0.3, -0.25) is 9.59 Å². The van der Waals surface area contributed by atoms with E-state index in [9.17, 15) is 14.4 Å². The number of benzene rings is 2. The van der Waals surface area contributed by atoms with Gasteiger partial charge in [-0.15, -0.1) is 0 Å². The molecular weight excluding hydrogens is 492 g/mol. The first-order chi connectivity index (χ1) is 18.4. The zero-order valence-corrected chi connectivity index (χ0v) is 20.2. The smallest absolute Gasteiger partial charge is 0.405 e. The van der Waals surface area contributed by atoms with Gasteiger partial charge < -0.3 is 36.5 Å². The number of amides is 3. The van der Waals surface area contributed by atoms with Gasteiger partial charge in [-0.05, 0) is 43.0 Å². The normalized spacial score (nSPS) is 16.7. The SMILES string of the molecule is NC(=O)C[C@@H](NC(=O)O)C(=O)Nc1ccc2cccc(O[C@@H](c3ncnc4nc[nH]c34)C3CCCN3)c2c1. The number of carboxylic acid groups (broad SMARTS) is 1. The highest BCUT2D eigenvalue weighted by atomic mass is 16.5. The van der Waals surface area contributed by atoms with Crippen LogP contribution in [0.5, 0.6) is 5.75 Å². The molecule has 13 nitrogen and oxygen atoms in total. The first kappa shape index (κ1) is 24.9. The predicted molar refractivity (Wildman–Crippen MR) is 137 cm³/mol. The van der Waals surface area contributed by atoms with Crippen LogP contribution in [0.15, 0.2) is 49.1 Å². The van der Waals surface area contributed by atoms with Crippen LogP contribution in [0.3, 0.4) is 0 Å². The van der Waals surface area contributed by atoms with Crippen LogP contribution >= 0.6 is 0 Å². The van der Waals surface area contributed by atoms with Crippen molar-refractivity contribution < 1.29 is 24.2 Å². The summed E-state index contributed by atoms with van der Waals surface area (Å²) in [5, 5.41) is 18.8. The first-order valence-electron chi connectivity index (χ1n) is 12.0. The molecule has 1 unspecified atom stereocenters. The number of aromatic amines is 1. The molecule has 0 aliphatic carbocycles. The lowest BCUT2D eigenvalue weighted by Crippen LogP contribution is -2.45. The molecule has 1 aliphatic rings. The number of hydrogen-bond donors (Lipinski definition) is 6. The molecule has 2 aromatic carbocycles. The van der Waals surface area contributed by atoms with Crippen LogP contribution < -0.4 is 26.4 Å². The standard InChI is InChI=1S/C25H26N8O5/c26-19(34)10-17(33-25(36)37)24(35)32-14-7-6-13-3-1-5-18(15(13)9-14)38-22(16-4-2-8-27-16)20-21-23(30-11-28-20)31-12-29-21/h1,3,5-7,9,11-12,16-17,22,27,33H,2,4,8,10H2,(H2,26,34)(H,32,35)(H,36,37)(H,28,29,30,31)/t16?,17-,22-/m1/s1. The number of fused-ring (bicyclic) bond motifs is 2. The van der Waals surface area contributed by atoms with Crippen molar-refractivity contribution in [3.8, 4) is 5.75 Å². The van der Waals surface area contributed by atoms with Gasteiger partial charge in [-0.25, -0.2) is 19.7 Å². The zero-order valence-electron chi connectivity index (χ0n) is 20.2. The van der Waals surface area contributed by atoms with E-state index >= 15 is 0 Å². The third-order valence-corrected chi connectivity index (χ3v) is 6.37. The molecule has 1 saturated heterocycles. The summed E-state index contributed by atoms with van der Waals surface area (Å²) < 4.78 is 6.62. The van der Waals surface area contributed by atoms with Gasteiger partial charge in [0.15, 0.2) is 11.8 Å². The second-order valence-electron chi connectivity index (χ2n) is 8.96. The van der Waals surface area contributed by atoms with E-state index in [2.05, 4.69) is 30.6 Å². The molecule has 0 radical (unpaired) electrons. The number of anilines is 1. The molecule has 3 amide bonds. The molecule has 4 aromatic rings. The molecule has 1 fully saturated rings. The van der Waals surface area contributed by atoms with E-state index in [1.165, 1.54) is 6.33 Å². The number of imidazole rings is 1. The van der Waals surface area contributed by atoms with E-state index < -0.39 is 36.5 Å². The summed E-state index contributed by atoms with van der Waals surface area (Å²) in [5.74, 6) is -0.948. The minimum absolute atomic E-state index is 0.00573. The highest BCUT2D eigenvalue weighted by Crippen LogP contribution is 2.35. The van der Waals surface area contributed by atoms with E-state index in [-0.39, 0.29) is 6.04 Å². The molecule has 38 heavy (non-hydrogen) atoms. The summed E-state index contributed by atoms with van der Waals surface area (Å²) in [6.07, 6.45) is 2.57. The van der Waals surface area contributed by atoms with Gasteiger partial charge >= 0.3 is 6.09 Å². The number of carbonyl (C=O) groups is 3. The number of ether oxygens (including phenoxy) is 1. The lowest BCUT2D eigenvalue weighted by molar-refractivity contribution is -0.123. The van der Waals surface area contributed by atoms with Crippen molar-refractivity contribution in [3.63, 3.8) is 0 Å². The molecule has 5 rings (SSSR count). The summed E-state index contributed by atoms with van der Waals surface area (Å²) in [5.41, 5.74) is 7.51. The average molecular weight is 519 g/mol. The lowest BCUT2D eigenvalue weighted by Gasteiger charge is -2.25. The molecule has 3 heterocycles. The molecule has 0 saturated carbocycles. The molecule has 13 heteroatoms. The van der Waals surface area contributed by atoms with Crippen LogP contribution in [0.4, 0.5) is 10.5 Å². The minimum atomic E-state index is -1.44. The fourth-order valence-corrected chi connectivity index (χ4v) is 4.65. The van der Waals surface area contributed by atoms with Crippen LogP contribution in [0.25, 0.3) is 21.9 Å². The number of nitrogens with zero attached hydrogens (tertiary/aromatic N) is 3. The maximum Gasteiger partial charge on any atom is 0.405 e. The van der Waals surface area contributed by atoms with Crippen molar-refractivity contribution in [1.29, 1.82) is 0 Å². The first-order valence-corrected chi connectivity index (χ1v) is 12.0. The topological polar surface area (TPSA) is 197 Å². The van der Waals surface area contributed by atoms with Crippen molar-refractivity contribution in [2.45, 2.75) is 37.5 Å². The summed E-state index contributed by atoms with van der Waals surface area (Å²) in [6.45, 7) is 0.865. The Kier molecular flexibility index (Phi) is 7.00. The Morgan fingerprint density at radius 3 is 2.82 bits per heavy atom. The van der Waals surface area contributed by atoms with Gasteiger partial charge in [0.2, 0.25) is 11.8 Å². The quantitative estimate of drug-likeness (QED) is 0.191. The Hall–Kier alpha value is -4.78. The van der Waals surface area contributed by atoms with Gasteiger partial charge in [0.25, 0.3) is 0 Å². The van der Waals surface area contributed by atoms with Gasteiger partial charge in [-0.2, -0.15) is 0 Å². The third kappa shape index (κ3) is 5.32. The number of nitrogens with two attached hydrogens (primary N) is 1. The van der Waals surface area contributed by atoms with Gasteiger partial charge in [0.1, 0.15) is 29.3 Å². The summed E-state index contributed by atoms with van der Waals surface area (Å²) >= 11 is 0. The number of nitrogens with one attached hydrogen (secondary N) is 4. The fourth-order valence-electron chi connectivity index (χ4n) is 4.65. The van der Waals surface area contributed by atoms with Gasteiger partial charge in [-0.1, -0.05) is 18.2 Å². The largest absolute Gasteiger partial charge is 0.482 e. The monoisotopic (exact) mass is 518 g/mol. The highest BCUT2D eigenvalue weighted by molar-refractivity contribution is 6.01. The molecule has 2 aromatic heterocycles. The van der Waals surface area contributed by atoms with Crippen LogP contribution in [-0.2, 0) is 9.59 Å². The Morgan fingerprint density at radius 1 is 1.18 bits per heavy atom. The van der Waals surface area contributed by atoms with Crippen LogP contribution in [0.1, 0.15) is 31.1 Å². The number of rotatable bonds is 9. The summed E-state index contributed by atoms with van der Waals surface area (Å²) in [7, 11) is 0. The van der Waals surface area contributed by atoms with E-state index in [0.29, 0.717) is 28.3 Å². The number of hydrogen-bond acceptors (Lipinski definition) is 8. The van der Waals surface area contributed by atoms with Crippen molar-refractivity contribution in [1.82, 2.24) is 30.6 Å². The molecule has 7 N–H and O–H groups in total. The van der Waals surface area contributed by atoms with Crippen LogP contribution in [0.2, 0.25) is 0 Å². The number of H-pyrrole nitrogens is 1. The minimum Gasteiger partial charge on any atom is -0.482 e. The molecular formula is C25H26N8O5. The fraction of sp³-hybridized carbons (Fsp3) is 0.280. The Morgan fingerprint density at radius 2 is 2.05 bits per heavy atom. The Balaban J connectivity index is 1.47. The van der Waals surface area contributed by atoms with Crippen molar-refractivity contribution >= 4 is 45.5 Å².